The van der Waals surface area contributed by atoms with Gasteiger partial charge in [-0.05, 0) is 12.3 Å². The minimum absolute atomic E-state index is 0.0641. The number of nitrogens with one attached hydrogen (secondary N) is 1. The van der Waals surface area contributed by atoms with Crippen LogP contribution in [0.2, 0.25) is 0 Å². The number of urea groups is 1. The number of amides is 2. The van der Waals surface area contributed by atoms with Crippen LogP contribution >= 0.6 is 0 Å². The van der Waals surface area contributed by atoms with Crippen LogP contribution in [0, 0.1) is 5.92 Å². The van der Waals surface area contributed by atoms with Gasteiger partial charge in [0.15, 0.2) is 0 Å². The first-order valence-corrected chi connectivity index (χ1v) is 6.31. The van der Waals surface area contributed by atoms with Gasteiger partial charge in [-0.2, -0.15) is 0 Å². The van der Waals surface area contributed by atoms with Crippen LogP contribution in [-0.4, -0.2) is 66.6 Å². The van der Waals surface area contributed by atoms with Gasteiger partial charge in [-0.1, -0.05) is 13.8 Å². The van der Waals surface area contributed by atoms with E-state index in [1.165, 1.54) is 4.90 Å². The Labute approximate surface area is 113 Å². The minimum Gasteiger partial charge on any atom is -0.480 e. The summed E-state index contributed by atoms with van der Waals surface area (Å²) in [5.74, 6) is -0.855. The maximum atomic E-state index is 11.7. The second kappa shape index (κ2) is 9.57. The minimum atomic E-state index is -1.04. The number of aliphatic hydroxyl groups is 1. The number of carboxylic acids is 1. The maximum absolute atomic E-state index is 11.7. The zero-order valence-electron chi connectivity index (χ0n) is 11.8. The SMILES string of the molecule is CC(C)C[C@@H](NC(=O)N(C)CCOCCO)C(=O)O. The topological polar surface area (TPSA) is 99.1 Å². The molecule has 0 aromatic heterocycles. The highest BCUT2D eigenvalue weighted by atomic mass is 16.5. The molecule has 0 saturated heterocycles. The van der Waals surface area contributed by atoms with E-state index >= 15 is 0 Å². The number of ether oxygens (including phenoxy) is 1. The summed E-state index contributed by atoms with van der Waals surface area (Å²) in [5, 5.41) is 20.0. The van der Waals surface area contributed by atoms with Gasteiger partial charge in [0.25, 0.3) is 0 Å². The maximum Gasteiger partial charge on any atom is 0.326 e. The number of carbonyl (C=O) groups excluding carboxylic acids is 1. The van der Waals surface area contributed by atoms with Gasteiger partial charge < -0.3 is 25.2 Å². The molecule has 3 N–H and O–H groups in total. The van der Waals surface area contributed by atoms with Crippen molar-refractivity contribution in [3.05, 3.63) is 0 Å². The quantitative estimate of drug-likeness (QED) is 0.520. The number of carboxylic acid groups (broad SMARTS) is 1. The third-order valence-corrected chi connectivity index (χ3v) is 2.46. The molecule has 2 amide bonds. The molecule has 1 atom stereocenters. The molecule has 0 aliphatic rings. The Kier molecular flexibility index (Phi) is 8.90. The summed E-state index contributed by atoms with van der Waals surface area (Å²) < 4.78 is 5.03. The summed E-state index contributed by atoms with van der Waals surface area (Å²) in [6.45, 7) is 4.58. The van der Waals surface area contributed by atoms with E-state index in [4.69, 9.17) is 14.9 Å². The summed E-state index contributed by atoms with van der Waals surface area (Å²) in [4.78, 5) is 24.1. The molecule has 19 heavy (non-hydrogen) atoms. The first-order chi connectivity index (χ1) is 8.88. The van der Waals surface area contributed by atoms with E-state index in [1.807, 2.05) is 13.8 Å². The number of aliphatic hydroxyl groups excluding tert-OH is 1. The summed E-state index contributed by atoms with van der Waals surface area (Å²) in [5.41, 5.74) is 0. The van der Waals surface area contributed by atoms with Crippen LogP contribution in [0.4, 0.5) is 4.79 Å². The molecule has 0 fully saturated rings. The Morgan fingerprint density at radius 3 is 2.42 bits per heavy atom. The molecule has 0 aromatic rings. The van der Waals surface area contributed by atoms with E-state index in [1.54, 1.807) is 7.05 Å². The van der Waals surface area contributed by atoms with Gasteiger partial charge in [0.2, 0.25) is 0 Å². The predicted octanol–water partition coefficient (Wildman–Crippen LogP) is 0.136. The molecule has 0 spiro atoms. The lowest BCUT2D eigenvalue weighted by Gasteiger charge is -2.22. The first-order valence-electron chi connectivity index (χ1n) is 6.31. The molecule has 0 rings (SSSR count). The van der Waals surface area contributed by atoms with Crippen LogP contribution in [0.1, 0.15) is 20.3 Å². The third kappa shape index (κ3) is 8.39. The first kappa shape index (κ1) is 17.7. The lowest BCUT2D eigenvalue weighted by molar-refractivity contribution is -0.139. The normalized spacial score (nSPS) is 12.3. The smallest absolute Gasteiger partial charge is 0.326 e. The van der Waals surface area contributed by atoms with E-state index in [2.05, 4.69) is 5.32 Å². The highest BCUT2D eigenvalue weighted by Gasteiger charge is 2.22. The molecule has 0 aliphatic carbocycles. The van der Waals surface area contributed by atoms with Crippen molar-refractivity contribution in [3.8, 4) is 0 Å². The molecular weight excluding hydrogens is 252 g/mol. The van der Waals surface area contributed by atoms with E-state index in [-0.39, 0.29) is 19.1 Å². The van der Waals surface area contributed by atoms with E-state index in [0.717, 1.165) is 0 Å². The molecule has 0 saturated carbocycles. The Morgan fingerprint density at radius 2 is 1.95 bits per heavy atom. The van der Waals surface area contributed by atoms with Crippen LogP contribution in [0.3, 0.4) is 0 Å². The Bertz CT molecular complexity index is 283. The van der Waals surface area contributed by atoms with Crippen LogP contribution in [-0.2, 0) is 9.53 Å². The van der Waals surface area contributed by atoms with Crippen LogP contribution < -0.4 is 5.32 Å². The fraction of sp³-hybridized carbons (Fsp3) is 0.833. The van der Waals surface area contributed by atoms with Gasteiger partial charge in [0.1, 0.15) is 6.04 Å². The van der Waals surface area contributed by atoms with Crippen molar-refractivity contribution in [2.75, 3.05) is 33.4 Å². The fourth-order valence-electron chi connectivity index (χ4n) is 1.42. The second-order valence-corrected chi connectivity index (χ2v) is 4.73. The van der Waals surface area contributed by atoms with Crippen molar-refractivity contribution in [2.45, 2.75) is 26.3 Å². The van der Waals surface area contributed by atoms with Gasteiger partial charge in [-0.3, -0.25) is 0 Å². The van der Waals surface area contributed by atoms with Crippen molar-refractivity contribution in [3.63, 3.8) is 0 Å². The summed E-state index contributed by atoms with van der Waals surface area (Å²) in [7, 11) is 1.56. The summed E-state index contributed by atoms with van der Waals surface area (Å²) in [6.07, 6.45) is 0.385. The van der Waals surface area contributed by atoms with E-state index in [0.29, 0.717) is 19.6 Å². The van der Waals surface area contributed by atoms with E-state index in [9.17, 15) is 9.59 Å². The monoisotopic (exact) mass is 276 g/mol. The molecule has 0 aliphatic heterocycles. The van der Waals surface area contributed by atoms with Crippen LogP contribution in [0.25, 0.3) is 0 Å². The van der Waals surface area contributed by atoms with Crippen LogP contribution in [0.5, 0.6) is 0 Å². The van der Waals surface area contributed by atoms with Crippen molar-refractivity contribution in [1.29, 1.82) is 0 Å². The Morgan fingerprint density at radius 1 is 1.32 bits per heavy atom. The molecule has 7 nitrogen and oxygen atoms in total. The van der Waals surface area contributed by atoms with Crippen molar-refractivity contribution < 1.29 is 24.5 Å². The predicted molar refractivity (Wildman–Crippen MR) is 69.9 cm³/mol. The Balaban J connectivity index is 4.12. The van der Waals surface area contributed by atoms with E-state index < -0.39 is 18.0 Å². The largest absolute Gasteiger partial charge is 0.480 e. The molecule has 0 unspecified atom stereocenters. The zero-order chi connectivity index (χ0) is 14.8. The number of hydrogen-bond donors (Lipinski definition) is 3. The summed E-state index contributed by atoms with van der Waals surface area (Å²) >= 11 is 0. The fourth-order valence-corrected chi connectivity index (χ4v) is 1.42. The molecule has 0 heterocycles. The van der Waals surface area contributed by atoms with Crippen molar-refractivity contribution >= 4 is 12.0 Å². The molecule has 0 aromatic carbocycles. The number of hydrogen-bond acceptors (Lipinski definition) is 4. The molecule has 0 bridgehead atoms. The van der Waals surface area contributed by atoms with Gasteiger partial charge >= 0.3 is 12.0 Å². The van der Waals surface area contributed by atoms with Gasteiger partial charge in [-0.15, -0.1) is 0 Å². The van der Waals surface area contributed by atoms with Gasteiger partial charge in [0, 0.05) is 13.6 Å². The highest BCUT2D eigenvalue weighted by Crippen LogP contribution is 2.05. The van der Waals surface area contributed by atoms with Crippen LogP contribution in [0.15, 0.2) is 0 Å². The average Bonchev–Trinajstić information content (AvgIpc) is 2.32. The summed E-state index contributed by atoms with van der Waals surface area (Å²) in [6, 6.07) is -1.33. The second-order valence-electron chi connectivity index (χ2n) is 4.73. The van der Waals surface area contributed by atoms with Gasteiger partial charge in [-0.25, -0.2) is 9.59 Å². The zero-order valence-corrected chi connectivity index (χ0v) is 11.8. The highest BCUT2D eigenvalue weighted by molar-refractivity contribution is 5.82. The number of nitrogens with zero attached hydrogens (tertiary/aromatic N) is 1. The van der Waals surface area contributed by atoms with Crippen molar-refractivity contribution in [2.24, 2.45) is 5.92 Å². The van der Waals surface area contributed by atoms with Gasteiger partial charge in [0.05, 0.1) is 19.8 Å². The third-order valence-electron chi connectivity index (χ3n) is 2.46. The molecular formula is C12H24N2O5. The Hall–Kier alpha value is -1.34. The molecule has 0 radical (unpaired) electrons. The lowest BCUT2D eigenvalue weighted by Crippen LogP contribution is -2.47. The molecule has 112 valence electrons. The average molecular weight is 276 g/mol. The number of carbonyl (C=O) groups is 2. The number of likely N-dealkylation sites (N-methyl/N-ethyl adjacent to an activating group) is 1. The number of aliphatic carboxylic acids is 1. The number of rotatable bonds is 9. The van der Waals surface area contributed by atoms with Crippen molar-refractivity contribution in [1.82, 2.24) is 10.2 Å². The lowest BCUT2D eigenvalue weighted by atomic mass is 10.0. The molecule has 7 heteroatoms. The standard InChI is InChI=1S/C12H24N2O5/c1-9(2)8-10(11(16)17)13-12(18)14(3)4-6-19-7-5-15/h9-10,15H,4-8H2,1-3H3,(H,13,18)(H,16,17)/t10-/m1/s1.